The zero-order chi connectivity index (χ0) is 27.0. The number of benzene rings is 2. The minimum Gasteiger partial charge on any atom is -0.465 e. The van der Waals surface area contributed by atoms with Crippen LogP contribution in [0.1, 0.15) is 49.1 Å². The summed E-state index contributed by atoms with van der Waals surface area (Å²) in [4.78, 5) is 51.7. The van der Waals surface area contributed by atoms with E-state index in [-0.39, 0.29) is 28.3 Å². The van der Waals surface area contributed by atoms with E-state index < -0.39 is 17.8 Å². The third-order valence-electron chi connectivity index (χ3n) is 7.14. The molecule has 0 aliphatic carbocycles. The van der Waals surface area contributed by atoms with Gasteiger partial charge in [0.05, 0.1) is 36.7 Å². The van der Waals surface area contributed by atoms with Crippen LogP contribution in [0, 0.1) is 5.92 Å². The van der Waals surface area contributed by atoms with E-state index in [1.807, 2.05) is 22.8 Å². The maximum atomic E-state index is 13.0. The fourth-order valence-corrected chi connectivity index (χ4v) is 5.45. The molecule has 2 aliphatic heterocycles. The predicted molar refractivity (Wildman–Crippen MR) is 142 cm³/mol. The average Bonchev–Trinajstić information content (AvgIpc) is 2.92. The molecule has 1 amide bonds. The normalized spacial score (nSPS) is 17.8. The molecule has 5 rings (SSSR count). The summed E-state index contributed by atoms with van der Waals surface area (Å²) in [6, 6.07) is 14.7. The second-order valence-corrected chi connectivity index (χ2v) is 9.61. The first-order chi connectivity index (χ1) is 18.3. The zero-order valence-corrected chi connectivity index (χ0v) is 21.1. The van der Waals surface area contributed by atoms with Crippen molar-refractivity contribution in [2.45, 2.75) is 18.9 Å². The van der Waals surface area contributed by atoms with E-state index in [0.29, 0.717) is 23.7 Å². The lowest BCUT2D eigenvalue weighted by Gasteiger charge is -2.44. The van der Waals surface area contributed by atoms with Gasteiger partial charge in [0, 0.05) is 48.6 Å². The fourth-order valence-electron chi connectivity index (χ4n) is 5.45. The number of rotatable bonds is 5. The van der Waals surface area contributed by atoms with Gasteiger partial charge in [-0.15, -0.1) is 0 Å². The Labute approximate surface area is 219 Å². The topological polar surface area (TPSA) is 133 Å². The molecule has 196 valence electrons. The van der Waals surface area contributed by atoms with Gasteiger partial charge < -0.3 is 30.0 Å². The molecule has 0 saturated carbocycles. The molecule has 3 aromatic rings. The summed E-state index contributed by atoms with van der Waals surface area (Å²) in [5.74, 6) is -1.21. The standard InChI is InChI=1S/C28H28N4O6/c1-37-27(35)18-9-19(28(36)38-2)11-21(10-18)30-26(34)17-6-7-24(22(29)12-17)31-13-16-8-20(15-31)23-4-3-5-25(33)32(23)14-16/h3-7,9-12,16,20H,8,13-15,29H2,1-2H3,(H,30,34)/t16-,20+/m1/s1. The quantitative estimate of drug-likeness (QED) is 0.391. The second-order valence-electron chi connectivity index (χ2n) is 9.61. The highest BCUT2D eigenvalue weighted by atomic mass is 16.5. The Hall–Kier alpha value is -4.60. The predicted octanol–water partition coefficient (Wildman–Crippen LogP) is 2.88. The number of nitrogens with zero attached hydrogens (tertiary/aromatic N) is 2. The van der Waals surface area contributed by atoms with E-state index in [1.54, 1.807) is 18.2 Å². The molecule has 2 bridgehead atoms. The number of piperidine rings is 1. The Bertz CT molecular complexity index is 1460. The van der Waals surface area contributed by atoms with Crippen LogP contribution >= 0.6 is 0 Å². The second kappa shape index (κ2) is 10.0. The van der Waals surface area contributed by atoms with Crippen molar-refractivity contribution in [2.75, 3.05) is 43.3 Å². The maximum Gasteiger partial charge on any atom is 0.337 e. The number of esters is 2. The molecule has 1 saturated heterocycles. The lowest BCUT2D eigenvalue weighted by atomic mass is 9.83. The number of ether oxygens (including phenoxy) is 2. The first-order valence-corrected chi connectivity index (χ1v) is 12.2. The van der Waals surface area contributed by atoms with E-state index in [4.69, 9.17) is 15.2 Å². The third-order valence-corrected chi connectivity index (χ3v) is 7.14. The molecule has 0 unspecified atom stereocenters. The number of aromatic nitrogens is 1. The van der Waals surface area contributed by atoms with Gasteiger partial charge in [-0.05, 0) is 54.8 Å². The number of anilines is 3. The van der Waals surface area contributed by atoms with Gasteiger partial charge in [-0.2, -0.15) is 0 Å². The van der Waals surface area contributed by atoms with Gasteiger partial charge in [0.2, 0.25) is 0 Å². The van der Waals surface area contributed by atoms with Crippen LogP contribution in [0.15, 0.2) is 59.4 Å². The number of nitrogen functional groups attached to an aromatic ring is 1. The average molecular weight is 517 g/mol. The fraction of sp³-hybridized carbons (Fsp3) is 0.286. The van der Waals surface area contributed by atoms with Crippen molar-refractivity contribution in [1.29, 1.82) is 0 Å². The van der Waals surface area contributed by atoms with E-state index in [0.717, 1.165) is 30.9 Å². The van der Waals surface area contributed by atoms with Crippen LogP contribution in [0.4, 0.5) is 17.1 Å². The molecule has 38 heavy (non-hydrogen) atoms. The Morgan fingerprint density at radius 1 is 0.895 bits per heavy atom. The first-order valence-electron chi connectivity index (χ1n) is 12.2. The number of carbonyl (C=O) groups excluding carboxylic acids is 3. The number of fused-ring (bicyclic) bond motifs is 4. The summed E-state index contributed by atoms with van der Waals surface area (Å²) in [5.41, 5.74) is 9.55. The highest BCUT2D eigenvalue weighted by Gasteiger charge is 2.35. The van der Waals surface area contributed by atoms with Gasteiger partial charge in [0.25, 0.3) is 11.5 Å². The molecule has 3 heterocycles. The molecule has 10 heteroatoms. The highest BCUT2D eigenvalue weighted by molar-refractivity contribution is 6.07. The molecule has 0 spiro atoms. The van der Waals surface area contributed by atoms with Gasteiger partial charge in [0.15, 0.2) is 0 Å². The first kappa shape index (κ1) is 25.1. The van der Waals surface area contributed by atoms with Gasteiger partial charge in [-0.3, -0.25) is 9.59 Å². The molecule has 2 aromatic carbocycles. The molecular weight excluding hydrogens is 488 g/mol. The Morgan fingerprint density at radius 2 is 1.61 bits per heavy atom. The molecule has 0 radical (unpaired) electrons. The van der Waals surface area contributed by atoms with Crippen molar-refractivity contribution < 1.29 is 23.9 Å². The number of carbonyl (C=O) groups is 3. The van der Waals surface area contributed by atoms with Crippen molar-refractivity contribution in [3.63, 3.8) is 0 Å². The largest absolute Gasteiger partial charge is 0.465 e. The van der Waals surface area contributed by atoms with Crippen molar-refractivity contribution in [3.05, 3.63) is 87.3 Å². The number of pyridine rings is 1. The van der Waals surface area contributed by atoms with Crippen LogP contribution in [0.25, 0.3) is 0 Å². The van der Waals surface area contributed by atoms with Crippen molar-refractivity contribution in [1.82, 2.24) is 4.57 Å². The van der Waals surface area contributed by atoms with Gasteiger partial charge in [-0.1, -0.05) is 6.07 Å². The molecule has 3 N–H and O–H groups in total. The number of hydrogen-bond acceptors (Lipinski definition) is 8. The summed E-state index contributed by atoms with van der Waals surface area (Å²) in [7, 11) is 2.45. The lowest BCUT2D eigenvalue weighted by Crippen LogP contribution is -2.47. The molecule has 2 atom stereocenters. The third kappa shape index (κ3) is 4.72. The van der Waals surface area contributed by atoms with Gasteiger partial charge in [0.1, 0.15) is 0 Å². The number of nitrogens with two attached hydrogens (primary N) is 1. The summed E-state index contributed by atoms with van der Waals surface area (Å²) in [6.45, 7) is 2.18. The lowest BCUT2D eigenvalue weighted by molar-refractivity contribution is 0.0599. The SMILES string of the molecule is COC(=O)c1cc(NC(=O)c2ccc(N3C[C@H]4C[C@@H](C3)c3cccc(=O)n3C4)c(N)c2)cc(C(=O)OC)c1. The van der Waals surface area contributed by atoms with Crippen LogP contribution < -0.4 is 21.5 Å². The summed E-state index contributed by atoms with van der Waals surface area (Å²) in [5, 5.41) is 2.72. The van der Waals surface area contributed by atoms with E-state index in [1.165, 1.54) is 32.4 Å². The van der Waals surface area contributed by atoms with Crippen molar-refractivity contribution in [2.24, 2.45) is 5.92 Å². The minimum absolute atomic E-state index is 0.0383. The van der Waals surface area contributed by atoms with Crippen LogP contribution in [0.5, 0.6) is 0 Å². The smallest absolute Gasteiger partial charge is 0.337 e. The number of nitrogens with one attached hydrogen (secondary N) is 1. The van der Waals surface area contributed by atoms with Gasteiger partial charge >= 0.3 is 11.9 Å². The Balaban J connectivity index is 1.36. The van der Waals surface area contributed by atoms with Crippen LogP contribution in [0.2, 0.25) is 0 Å². The van der Waals surface area contributed by atoms with Crippen LogP contribution in [0.3, 0.4) is 0 Å². The summed E-state index contributed by atoms with van der Waals surface area (Å²) >= 11 is 0. The number of amides is 1. The van der Waals surface area contributed by atoms with Crippen LogP contribution in [-0.2, 0) is 16.0 Å². The van der Waals surface area contributed by atoms with Gasteiger partial charge in [-0.25, -0.2) is 9.59 Å². The van der Waals surface area contributed by atoms with Crippen molar-refractivity contribution >= 4 is 34.9 Å². The monoisotopic (exact) mass is 516 g/mol. The molecule has 1 aromatic heterocycles. The Morgan fingerprint density at radius 3 is 2.26 bits per heavy atom. The maximum absolute atomic E-state index is 13.0. The van der Waals surface area contributed by atoms with Crippen LogP contribution in [-0.4, -0.2) is 49.7 Å². The Kier molecular flexibility index (Phi) is 6.62. The molecular formula is C28H28N4O6. The molecule has 2 aliphatic rings. The number of methoxy groups -OCH3 is 2. The zero-order valence-electron chi connectivity index (χ0n) is 21.1. The minimum atomic E-state index is -0.654. The van der Waals surface area contributed by atoms with Crippen molar-refractivity contribution in [3.8, 4) is 0 Å². The summed E-state index contributed by atoms with van der Waals surface area (Å²) < 4.78 is 11.4. The highest BCUT2D eigenvalue weighted by Crippen LogP contribution is 2.38. The van der Waals surface area contributed by atoms with E-state index in [2.05, 4.69) is 10.2 Å². The molecule has 1 fully saturated rings. The summed E-state index contributed by atoms with van der Waals surface area (Å²) in [6.07, 6.45) is 1.03. The van der Waals surface area contributed by atoms with E-state index in [9.17, 15) is 19.2 Å². The molecule has 10 nitrogen and oxygen atoms in total. The number of hydrogen-bond donors (Lipinski definition) is 2. The van der Waals surface area contributed by atoms with E-state index >= 15 is 0 Å².